The second-order valence-electron chi connectivity index (χ2n) is 7.99. The lowest BCUT2D eigenvalue weighted by Gasteiger charge is -2.32. The zero-order valence-electron chi connectivity index (χ0n) is 18.1. The van der Waals surface area contributed by atoms with Gasteiger partial charge in [0, 0.05) is 24.3 Å². The molecule has 0 saturated heterocycles. The van der Waals surface area contributed by atoms with Gasteiger partial charge in [0.25, 0.3) is 0 Å². The second-order valence-corrected chi connectivity index (χ2v) is 8.44. The Morgan fingerprint density at radius 3 is 2.67 bits per heavy atom. The molecule has 7 heteroatoms. The first kappa shape index (κ1) is 22.5. The van der Waals surface area contributed by atoms with Gasteiger partial charge in [0.05, 0.1) is 11.6 Å². The predicted octanol–water partition coefficient (Wildman–Crippen LogP) is 2.95. The molecule has 1 aromatic carbocycles. The van der Waals surface area contributed by atoms with Gasteiger partial charge in [0.15, 0.2) is 5.96 Å². The average molecular weight is 430 g/mol. The summed E-state index contributed by atoms with van der Waals surface area (Å²) >= 11 is 6.50. The zero-order chi connectivity index (χ0) is 21.7. The van der Waals surface area contributed by atoms with E-state index in [0.29, 0.717) is 24.1 Å². The third kappa shape index (κ3) is 5.28. The lowest BCUT2D eigenvalue weighted by Crippen LogP contribution is -2.42. The van der Waals surface area contributed by atoms with E-state index in [1.165, 1.54) is 5.56 Å². The third-order valence-corrected chi connectivity index (χ3v) is 6.00. The Labute approximate surface area is 184 Å². The van der Waals surface area contributed by atoms with Crippen molar-refractivity contribution in [2.75, 3.05) is 31.6 Å². The van der Waals surface area contributed by atoms with Gasteiger partial charge in [-0.1, -0.05) is 36.4 Å². The van der Waals surface area contributed by atoms with Crippen LogP contribution < -0.4 is 16.0 Å². The standard InChI is InChI=1S/C23H32ClN5O/c1-4-28(3)16-18-9-8-17(10-13-23(30)11-6-7-12-23)14-20(18)29(5-2)21-19(24)15-26-22(25)27-21/h8-9,14,30H,4-7,11-12,15-16H2,1-3H3,(H3,25,26,27). The summed E-state index contributed by atoms with van der Waals surface area (Å²) in [5, 5.41) is 14.3. The van der Waals surface area contributed by atoms with E-state index >= 15 is 0 Å². The van der Waals surface area contributed by atoms with Gasteiger partial charge < -0.3 is 26.0 Å². The predicted molar refractivity (Wildman–Crippen MR) is 124 cm³/mol. The van der Waals surface area contributed by atoms with Gasteiger partial charge in [0.2, 0.25) is 0 Å². The highest BCUT2D eigenvalue weighted by Gasteiger charge is 2.28. The monoisotopic (exact) mass is 429 g/mol. The Hall–Kier alpha value is -2.20. The van der Waals surface area contributed by atoms with E-state index in [2.05, 4.69) is 65.0 Å². The summed E-state index contributed by atoms with van der Waals surface area (Å²) in [6.45, 7) is 7.03. The minimum absolute atomic E-state index is 0.361. The molecule has 0 spiro atoms. The van der Waals surface area contributed by atoms with Crippen molar-refractivity contribution >= 4 is 23.2 Å². The van der Waals surface area contributed by atoms with E-state index in [-0.39, 0.29) is 0 Å². The largest absolute Gasteiger partial charge is 0.378 e. The van der Waals surface area contributed by atoms with Gasteiger partial charge in [-0.25, -0.2) is 4.99 Å². The smallest absolute Gasteiger partial charge is 0.194 e. The number of nitrogens with zero attached hydrogens (tertiary/aromatic N) is 3. The van der Waals surface area contributed by atoms with Crippen LogP contribution in [-0.2, 0) is 6.54 Å². The summed E-state index contributed by atoms with van der Waals surface area (Å²) in [6.07, 6.45) is 3.56. The van der Waals surface area contributed by atoms with Crippen LogP contribution in [-0.4, -0.2) is 48.2 Å². The van der Waals surface area contributed by atoms with E-state index < -0.39 is 5.60 Å². The molecule has 4 N–H and O–H groups in total. The van der Waals surface area contributed by atoms with E-state index in [1.807, 2.05) is 6.07 Å². The zero-order valence-corrected chi connectivity index (χ0v) is 18.9. The molecule has 1 aromatic rings. The molecule has 6 nitrogen and oxygen atoms in total. The number of nitrogens with two attached hydrogens (primary N) is 1. The van der Waals surface area contributed by atoms with Crippen LogP contribution in [0.3, 0.4) is 0 Å². The highest BCUT2D eigenvalue weighted by atomic mass is 35.5. The molecule has 1 aliphatic carbocycles. The molecule has 1 heterocycles. The van der Waals surface area contributed by atoms with Crippen molar-refractivity contribution in [1.82, 2.24) is 10.2 Å². The van der Waals surface area contributed by atoms with Crippen molar-refractivity contribution in [3.8, 4) is 11.8 Å². The van der Waals surface area contributed by atoms with E-state index in [0.717, 1.165) is 55.8 Å². The van der Waals surface area contributed by atoms with Crippen LogP contribution >= 0.6 is 11.6 Å². The molecular formula is C23H32ClN5O. The van der Waals surface area contributed by atoms with Gasteiger partial charge in [-0.05, 0) is 63.9 Å². The summed E-state index contributed by atoms with van der Waals surface area (Å²) in [5.74, 6) is 7.43. The van der Waals surface area contributed by atoms with Crippen LogP contribution in [0.1, 0.15) is 50.7 Å². The summed E-state index contributed by atoms with van der Waals surface area (Å²) in [4.78, 5) is 8.54. The van der Waals surface area contributed by atoms with E-state index in [9.17, 15) is 5.11 Å². The maximum absolute atomic E-state index is 10.6. The van der Waals surface area contributed by atoms with Crippen LogP contribution in [0.4, 0.5) is 5.69 Å². The van der Waals surface area contributed by atoms with Gasteiger partial charge in [0.1, 0.15) is 11.4 Å². The Morgan fingerprint density at radius 2 is 2.00 bits per heavy atom. The Morgan fingerprint density at radius 1 is 1.27 bits per heavy atom. The highest BCUT2D eigenvalue weighted by molar-refractivity contribution is 6.30. The summed E-state index contributed by atoms with van der Waals surface area (Å²) in [7, 11) is 2.10. The van der Waals surface area contributed by atoms with Crippen LogP contribution in [0, 0.1) is 11.8 Å². The second kappa shape index (κ2) is 9.74. The van der Waals surface area contributed by atoms with Crippen molar-refractivity contribution in [1.29, 1.82) is 0 Å². The van der Waals surface area contributed by atoms with Crippen molar-refractivity contribution in [3.63, 3.8) is 0 Å². The van der Waals surface area contributed by atoms with Gasteiger partial charge >= 0.3 is 0 Å². The number of halogens is 1. The number of guanidine groups is 1. The molecule has 30 heavy (non-hydrogen) atoms. The van der Waals surface area contributed by atoms with E-state index in [4.69, 9.17) is 17.3 Å². The molecule has 0 atom stereocenters. The van der Waals surface area contributed by atoms with Crippen molar-refractivity contribution in [2.45, 2.75) is 51.7 Å². The number of rotatable bonds is 6. The Kier molecular flexibility index (Phi) is 7.30. The summed E-state index contributed by atoms with van der Waals surface area (Å²) < 4.78 is 0. The molecular weight excluding hydrogens is 398 g/mol. The minimum Gasteiger partial charge on any atom is -0.378 e. The highest BCUT2D eigenvalue weighted by Crippen LogP contribution is 2.30. The number of nitrogens with one attached hydrogen (secondary N) is 1. The first-order chi connectivity index (χ1) is 14.3. The maximum atomic E-state index is 10.6. The van der Waals surface area contributed by atoms with E-state index in [1.54, 1.807) is 0 Å². The molecule has 1 saturated carbocycles. The fourth-order valence-electron chi connectivity index (χ4n) is 3.82. The molecule has 162 valence electrons. The van der Waals surface area contributed by atoms with Gasteiger partial charge in [-0.15, -0.1) is 0 Å². The molecule has 0 bridgehead atoms. The molecule has 1 aliphatic heterocycles. The van der Waals surface area contributed by atoms with Crippen LogP contribution in [0.2, 0.25) is 0 Å². The Bertz CT molecular complexity index is 893. The molecule has 1 fully saturated rings. The average Bonchev–Trinajstić information content (AvgIpc) is 3.17. The normalized spacial score (nSPS) is 18.0. The van der Waals surface area contributed by atoms with Crippen LogP contribution in [0.5, 0.6) is 0 Å². The lowest BCUT2D eigenvalue weighted by atomic mass is 10.0. The molecule has 0 radical (unpaired) electrons. The van der Waals surface area contributed by atoms with Crippen molar-refractivity contribution in [2.24, 2.45) is 10.7 Å². The molecule has 0 unspecified atom stereocenters. The fourth-order valence-corrected chi connectivity index (χ4v) is 4.03. The first-order valence-electron chi connectivity index (χ1n) is 10.7. The Balaban J connectivity index is 2.01. The lowest BCUT2D eigenvalue weighted by molar-refractivity contribution is 0.110. The molecule has 3 rings (SSSR count). The van der Waals surface area contributed by atoms with Gasteiger partial charge in [-0.2, -0.15) is 0 Å². The number of aliphatic hydroxyl groups is 1. The third-order valence-electron chi connectivity index (χ3n) is 5.70. The molecule has 0 aromatic heterocycles. The summed E-state index contributed by atoms with van der Waals surface area (Å²) in [6, 6.07) is 6.22. The van der Waals surface area contributed by atoms with Crippen molar-refractivity contribution in [3.05, 3.63) is 40.2 Å². The topological polar surface area (TPSA) is 77.1 Å². The number of hydrogen-bond donors (Lipinski definition) is 3. The van der Waals surface area contributed by atoms with Crippen molar-refractivity contribution < 1.29 is 5.11 Å². The number of anilines is 1. The summed E-state index contributed by atoms with van der Waals surface area (Å²) in [5.41, 5.74) is 8.14. The van der Waals surface area contributed by atoms with Crippen LogP contribution in [0.25, 0.3) is 0 Å². The quantitative estimate of drug-likeness (QED) is 0.606. The number of hydrogen-bond acceptors (Lipinski definition) is 6. The minimum atomic E-state index is -0.854. The fraction of sp³-hybridized carbons (Fsp3) is 0.522. The van der Waals surface area contributed by atoms with Crippen LogP contribution in [0.15, 0.2) is 34.0 Å². The molecule has 0 amide bonds. The molecule has 2 aliphatic rings. The van der Waals surface area contributed by atoms with Gasteiger partial charge in [-0.3, -0.25) is 0 Å². The first-order valence-corrected chi connectivity index (χ1v) is 11.0. The SMILES string of the molecule is CCN(C)Cc1ccc(C#CC2(O)CCCC2)cc1N(CC)C1=C(Cl)CN=C(N)N1. The number of benzene rings is 1. The maximum Gasteiger partial charge on any atom is 0.194 e. The number of aliphatic imine (C=N–C) groups is 1.